The van der Waals surface area contributed by atoms with Crippen LogP contribution >= 0.6 is 11.6 Å². The Bertz CT molecular complexity index is 1280. The molecule has 0 unspecified atom stereocenters. The number of halogens is 5. The third kappa shape index (κ3) is 3.83. The number of aromatic nitrogens is 2. The van der Waals surface area contributed by atoms with Crippen molar-refractivity contribution < 1.29 is 22.4 Å². The van der Waals surface area contributed by atoms with Crippen LogP contribution in [-0.2, 0) is 12.6 Å². The van der Waals surface area contributed by atoms with Gasteiger partial charge in [-0.3, -0.25) is 4.79 Å². The standard InChI is InChI=1S/C25H20ClF4N3O/c1-13-31-22(14-8-10-15(27)11-9-14)18-12-16-4-2-7-20(23(18)32-13)33(16)24(34)17-5-3-6-19(21(17)26)25(28,29)30/h3,5-6,8-11,16,20H,2,4,7,12H2,1H3/t16-,20+/m0/s1. The largest absolute Gasteiger partial charge is 0.417 e. The summed E-state index contributed by atoms with van der Waals surface area (Å²) in [7, 11) is 0. The molecule has 5 rings (SSSR count). The minimum atomic E-state index is -4.66. The third-order valence-corrected chi connectivity index (χ3v) is 6.94. The number of rotatable bonds is 2. The van der Waals surface area contributed by atoms with Crippen molar-refractivity contribution in [1.29, 1.82) is 0 Å². The fraction of sp³-hybridized carbons (Fsp3) is 0.320. The molecule has 0 N–H and O–H groups in total. The molecule has 2 aliphatic heterocycles. The van der Waals surface area contributed by atoms with Crippen LogP contribution in [0.3, 0.4) is 0 Å². The minimum absolute atomic E-state index is 0.165. The first kappa shape index (κ1) is 22.8. The molecule has 1 fully saturated rings. The third-order valence-electron chi connectivity index (χ3n) is 6.54. The average Bonchev–Trinajstić information content (AvgIpc) is 2.78. The first-order chi connectivity index (χ1) is 16.1. The van der Waals surface area contributed by atoms with E-state index in [-0.39, 0.29) is 17.4 Å². The predicted molar refractivity (Wildman–Crippen MR) is 119 cm³/mol. The molecular formula is C25H20ClF4N3O. The number of alkyl halides is 3. The molecule has 176 valence electrons. The van der Waals surface area contributed by atoms with Crippen LogP contribution in [0.1, 0.15) is 58.3 Å². The second kappa shape index (κ2) is 8.34. The maximum absolute atomic E-state index is 13.6. The zero-order chi connectivity index (χ0) is 24.2. The number of nitrogens with zero attached hydrogens (tertiary/aromatic N) is 3. The van der Waals surface area contributed by atoms with Gasteiger partial charge in [0.05, 0.1) is 33.6 Å². The van der Waals surface area contributed by atoms with Gasteiger partial charge in [-0.15, -0.1) is 0 Å². The fourth-order valence-corrected chi connectivity index (χ4v) is 5.40. The summed E-state index contributed by atoms with van der Waals surface area (Å²) in [5.74, 6) is -0.377. The number of fused-ring (bicyclic) bond motifs is 4. The topological polar surface area (TPSA) is 46.1 Å². The average molecular weight is 490 g/mol. The van der Waals surface area contributed by atoms with Crippen molar-refractivity contribution in [3.63, 3.8) is 0 Å². The van der Waals surface area contributed by atoms with Crippen LogP contribution in [0.4, 0.5) is 17.6 Å². The molecule has 1 aromatic heterocycles. The highest BCUT2D eigenvalue weighted by molar-refractivity contribution is 6.34. The monoisotopic (exact) mass is 489 g/mol. The summed E-state index contributed by atoms with van der Waals surface area (Å²) in [5.41, 5.74) is 1.84. The Morgan fingerprint density at radius 1 is 1.09 bits per heavy atom. The van der Waals surface area contributed by atoms with E-state index in [2.05, 4.69) is 9.97 Å². The van der Waals surface area contributed by atoms with Gasteiger partial charge >= 0.3 is 6.18 Å². The van der Waals surface area contributed by atoms with E-state index in [1.165, 1.54) is 24.3 Å². The Morgan fingerprint density at radius 2 is 1.82 bits per heavy atom. The number of amides is 1. The molecule has 1 saturated heterocycles. The Balaban J connectivity index is 1.60. The molecular weight excluding hydrogens is 470 g/mol. The highest BCUT2D eigenvalue weighted by Crippen LogP contribution is 2.45. The molecule has 0 spiro atoms. The van der Waals surface area contributed by atoms with Crippen LogP contribution < -0.4 is 0 Å². The Labute approximate surface area is 198 Å². The molecule has 9 heteroatoms. The van der Waals surface area contributed by atoms with Crippen molar-refractivity contribution in [2.75, 3.05) is 0 Å². The SMILES string of the molecule is Cc1nc(-c2ccc(F)cc2)c2c(n1)[C@H]1CCC[C@@H](C2)N1C(=O)c1cccc(C(F)(F)F)c1Cl. The number of carbonyl (C=O) groups is 1. The Hall–Kier alpha value is -3.00. The predicted octanol–water partition coefficient (Wildman–Crippen LogP) is 6.56. The summed E-state index contributed by atoms with van der Waals surface area (Å²) in [6.45, 7) is 1.75. The number of carbonyl (C=O) groups excluding carboxylic acids is 1. The van der Waals surface area contributed by atoms with Gasteiger partial charge in [0.15, 0.2) is 0 Å². The summed E-state index contributed by atoms with van der Waals surface area (Å²) in [4.78, 5) is 24.5. The molecule has 3 aromatic rings. The molecule has 2 bridgehead atoms. The van der Waals surface area contributed by atoms with Gasteiger partial charge in [0, 0.05) is 17.2 Å². The van der Waals surface area contributed by atoms with Crippen LogP contribution in [0, 0.1) is 12.7 Å². The minimum Gasteiger partial charge on any atom is -0.327 e. The van der Waals surface area contributed by atoms with E-state index in [9.17, 15) is 22.4 Å². The number of aryl methyl sites for hydroxylation is 1. The molecule has 3 heterocycles. The molecule has 2 aliphatic rings. The number of piperidine rings is 1. The Kier molecular flexibility index (Phi) is 5.59. The van der Waals surface area contributed by atoms with E-state index in [4.69, 9.17) is 11.6 Å². The lowest BCUT2D eigenvalue weighted by Gasteiger charge is -2.46. The normalized spacial score (nSPS) is 19.6. The molecule has 4 nitrogen and oxygen atoms in total. The molecule has 1 amide bonds. The van der Waals surface area contributed by atoms with Gasteiger partial charge in [0.1, 0.15) is 11.6 Å². The van der Waals surface area contributed by atoms with Gasteiger partial charge < -0.3 is 4.90 Å². The van der Waals surface area contributed by atoms with Crippen LogP contribution in [0.5, 0.6) is 0 Å². The lowest BCUT2D eigenvalue weighted by molar-refractivity contribution is -0.137. The number of hydrogen-bond donors (Lipinski definition) is 0. The molecule has 0 saturated carbocycles. The Morgan fingerprint density at radius 3 is 2.53 bits per heavy atom. The van der Waals surface area contributed by atoms with Gasteiger partial charge in [-0.1, -0.05) is 17.7 Å². The highest BCUT2D eigenvalue weighted by atomic mass is 35.5. The summed E-state index contributed by atoms with van der Waals surface area (Å²) in [5, 5.41) is -0.588. The van der Waals surface area contributed by atoms with Crippen molar-refractivity contribution in [2.45, 2.75) is 50.9 Å². The summed E-state index contributed by atoms with van der Waals surface area (Å²) >= 11 is 6.08. The second-order valence-corrected chi connectivity index (χ2v) is 9.05. The molecule has 2 atom stereocenters. The molecule has 0 radical (unpaired) electrons. The summed E-state index contributed by atoms with van der Waals surface area (Å²) < 4.78 is 53.6. The quantitative estimate of drug-likeness (QED) is 0.383. The van der Waals surface area contributed by atoms with E-state index in [0.29, 0.717) is 36.5 Å². The van der Waals surface area contributed by atoms with Crippen LogP contribution in [0.15, 0.2) is 42.5 Å². The maximum atomic E-state index is 13.6. The van der Waals surface area contributed by atoms with Crippen LogP contribution in [0.25, 0.3) is 11.3 Å². The van der Waals surface area contributed by atoms with Crippen molar-refractivity contribution in [1.82, 2.24) is 14.9 Å². The smallest absolute Gasteiger partial charge is 0.327 e. The van der Waals surface area contributed by atoms with Crippen molar-refractivity contribution in [3.05, 3.63) is 81.5 Å². The fourth-order valence-electron chi connectivity index (χ4n) is 5.09. The van der Waals surface area contributed by atoms with Gasteiger partial charge in [0.2, 0.25) is 0 Å². The number of benzene rings is 2. The van der Waals surface area contributed by atoms with Crippen molar-refractivity contribution >= 4 is 17.5 Å². The molecule has 0 aliphatic carbocycles. The van der Waals surface area contributed by atoms with Gasteiger partial charge in [-0.05, 0) is 69.0 Å². The van der Waals surface area contributed by atoms with Crippen LogP contribution in [0.2, 0.25) is 5.02 Å². The van der Waals surface area contributed by atoms with E-state index >= 15 is 0 Å². The van der Waals surface area contributed by atoms with Crippen molar-refractivity contribution in [2.24, 2.45) is 0 Å². The van der Waals surface area contributed by atoms with Gasteiger partial charge in [-0.25, -0.2) is 14.4 Å². The first-order valence-corrected chi connectivity index (χ1v) is 11.3. The van der Waals surface area contributed by atoms with Crippen molar-refractivity contribution in [3.8, 4) is 11.3 Å². The zero-order valence-corrected chi connectivity index (χ0v) is 18.9. The zero-order valence-electron chi connectivity index (χ0n) is 18.2. The lowest BCUT2D eigenvalue weighted by atomic mass is 9.80. The van der Waals surface area contributed by atoms with E-state index in [0.717, 1.165) is 23.6 Å². The van der Waals surface area contributed by atoms with Gasteiger partial charge in [0.25, 0.3) is 5.91 Å². The highest BCUT2D eigenvalue weighted by Gasteiger charge is 2.44. The molecule has 34 heavy (non-hydrogen) atoms. The molecule has 2 aromatic carbocycles. The van der Waals surface area contributed by atoms with E-state index < -0.39 is 28.7 Å². The second-order valence-electron chi connectivity index (χ2n) is 8.67. The summed E-state index contributed by atoms with van der Waals surface area (Å²) in [6, 6.07) is 8.84. The van der Waals surface area contributed by atoms with Gasteiger partial charge in [-0.2, -0.15) is 13.2 Å². The van der Waals surface area contributed by atoms with E-state index in [1.807, 2.05) is 0 Å². The number of hydrogen-bond acceptors (Lipinski definition) is 3. The maximum Gasteiger partial charge on any atom is 0.417 e. The summed E-state index contributed by atoms with van der Waals surface area (Å²) in [6.07, 6.45) is -2.00. The van der Waals surface area contributed by atoms with E-state index in [1.54, 1.807) is 24.0 Å². The lowest BCUT2D eigenvalue weighted by Crippen LogP contribution is -2.50. The first-order valence-electron chi connectivity index (χ1n) is 11.0. The van der Waals surface area contributed by atoms with Crippen LogP contribution in [-0.4, -0.2) is 26.8 Å².